The van der Waals surface area contributed by atoms with E-state index in [1.807, 2.05) is 18.2 Å². The highest BCUT2D eigenvalue weighted by molar-refractivity contribution is 6.05. The number of benzene rings is 2. The number of fused-ring (bicyclic) bond motifs is 2. The van der Waals surface area contributed by atoms with Crippen LogP contribution < -0.4 is 0 Å². The summed E-state index contributed by atoms with van der Waals surface area (Å²) in [6, 6.07) is 15.3. The van der Waals surface area contributed by atoms with E-state index in [1.54, 1.807) is 36.9 Å². The first-order valence-electron chi connectivity index (χ1n) is 11.0. The van der Waals surface area contributed by atoms with Crippen molar-refractivity contribution in [2.75, 3.05) is 6.54 Å². The number of halogens is 1. The van der Waals surface area contributed by atoms with Gasteiger partial charge < -0.3 is 14.2 Å². The number of hydrogen-bond donors (Lipinski definition) is 0. The van der Waals surface area contributed by atoms with E-state index < -0.39 is 12.1 Å². The summed E-state index contributed by atoms with van der Waals surface area (Å²) in [5.41, 5.74) is 4.16. The van der Waals surface area contributed by atoms with E-state index in [0.29, 0.717) is 35.4 Å². The van der Waals surface area contributed by atoms with Crippen molar-refractivity contribution in [2.45, 2.75) is 32.9 Å². The van der Waals surface area contributed by atoms with Crippen molar-refractivity contribution in [3.8, 4) is 11.3 Å². The Morgan fingerprint density at radius 1 is 1.12 bits per heavy atom. The number of carbonyl (C=O) groups is 2. The first-order chi connectivity index (χ1) is 16.4. The van der Waals surface area contributed by atoms with E-state index in [0.717, 1.165) is 12.0 Å². The van der Waals surface area contributed by atoms with Crippen LogP contribution in [0.5, 0.6) is 0 Å². The monoisotopic (exact) mass is 459 g/mol. The van der Waals surface area contributed by atoms with Gasteiger partial charge in [0.05, 0.1) is 22.3 Å². The Morgan fingerprint density at radius 3 is 2.62 bits per heavy atom. The number of ether oxygens (including phenoxy) is 1. The molecule has 0 N–H and O–H groups in total. The average molecular weight is 459 g/mol. The third-order valence-corrected chi connectivity index (χ3v) is 6.05. The zero-order valence-electron chi connectivity index (χ0n) is 18.7. The molecule has 34 heavy (non-hydrogen) atoms. The van der Waals surface area contributed by atoms with Gasteiger partial charge in [0, 0.05) is 18.7 Å². The molecular weight excluding hydrogens is 437 g/mol. The number of carbonyl (C=O) groups excluding carboxylic acids is 2. The molecule has 1 aliphatic heterocycles. The summed E-state index contributed by atoms with van der Waals surface area (Å²) in [4.78, 5) is 32.4. The van der Waals surface area contributed by atoms with Gasteiger partial charge in [-0.05, 0) is 61.7 Å². The molecule has 7 nitrogen and oxygen atoms in total. The molecule has 8 heteroatoms. The van der Waals surface area contributed by atoms with E-state index in [9.17, 15) is 14.0 Å². The molecule has 1 unspecified atom stereocenters. The molecule has 3 heterocycles. The summed E-state index contributed by atoms with van der Waals surface area (Å²) in [7, 11) is 0. The average Bonchev–Trinajstić information content (AvgIpc) is 3.23. The first-order valence-corrected chi connectivity index (χ1v) is 11.0. The molecule has 172 valence electrons. The summed E-state index contributed by atoms with van der Waals surface area (Å²) in [6.45, 7) is 4.31. The number of esters is 1. The summed E-state index contributed by atoms with van der Waals surface area (Å²) in [6.07, 6.45) is -0.218. The highest BCUT2D eigenvalue weighted by Crippen LogP contribution is 2.28. The van der Waals surface area contributed by atoms with Crippen molar-refractivity contribution in [3.05, 3.63) is 82.8 Å². The smallest absolute Gasteiger partial charge is 0.339 e. The minimum Gasteiger partial charge on any atom is -0.449 e. The zero-order chi connectivity index (χ0) is 23.8. The second-order valence-electron chi connectivity index (χ2n) is 8.34. The van der Waals surface area contributed by atoms with Gasteiger partial charge in [-0.3, -0.25) is 4.79 Å². The maximum atomic E-state index is 13.4. The fourth-order valence-corrected chi connectivity index (χ4v) is 4.24. The normalized spacial score (nSPS) is 14.0. The molecule has 0 saturated heterocycles. The molecule has 0 saturated carbocycles. The van der Waals surface area contributed by atoms with Gasteiger partial charge in [0.2, 0.25) is 0 Å². The SMILES string of the molecule is Cc1noc2nc(-c3ccc(F)cc3)cc(C(=O)OC(C)C(=O)N3CCc4ccccc4C3)c12. The number of aryl methyl sites for hydroxylation is 1. The molecule has 5 rings (SSSR count). The van der Waals surface area contributed by atoms with Crippen molar-refractivity contribution in [3.63, 3.8) is 0 Å². The van der Waals surface area contributed by atoms with Crippen LogP contribution in [-0.2, 0) is 22.5 Å². The summed E-state index contributed by atoms with van der Waals surface area (Å²) >= 11 is 0. The standard InChI is InChI=1S/C26H22FN3O4/c1-15-23-21(13-22(28-24(23)34-29-15)18-7-9-20(27)10-8-18)26(32)33-16(2)25(31)30-12-11-17-5-3-4-6-19(17)14-30/h3-10,13,16H,11-12,14H2,1-2H3. The largest absolute Gasteiger partial charge is 0.449 e. The maximum Gasteiger partial charge on any atom is 0.339 e. The third kappa shape index (κ3) is 4.03. The van der Waals surface area contributed by atoms with E-state index in [1.165, 1.54) is 17.7 Å². The number of amides is 1. The Bertz CT molecular complexity index is 1400. The van der Waals surface area contributed by atoms with Crippen molar-refractivity contribution in [1.82, 2.24) is 15.0 Å². The first kappa shape index (κ1) is 21.8. The van der Waals surface area contributed by atoms with Crippen molar-refractivity contribution in [1.29, 1.82) is 0 Å². The molecule has 1 aliphatic rings. The van der Waals surface area contributed by atoms with Crippen LogP contribution in [0.4, 0.5) is 4.39 Å². The molecule has 2 aromatic heterocycles. The van der Waals surface area contributed by atoms with Crippen LogP contribution >= 0.6 is 0 Å². The molecule has 1 atom stereocenters. The molecule has 0 fully saturated rings. The number of nitrogens with zero attached hydrogens (tertiary/aromatic N) is 3. The highest BCUT2D eigenvalue weighted by atomic mass is 19.1. The molecule has 0 aliphatic carbocycles. The van der Waals surface area contributed by atoms with E-state index in [-0.39, 0.29) is 23.0 Å². The molecule has 0 bridgehead atoms. The number of hydrogen-bond acceptors (Lipinski definition) is 6. The van der Waals surface area contributed by atoms with Gasteiger partial charge in [-0.2, -0.15) is 0 Å². The number of rotatable bonds is 4. The van der Waals surface area contributed by atoms with Gasteiger partial charge in [0.25, 0.3) is 11.6 Å². The lowest BCUT2D eigenvalue weighted by atomic mass is 9.99. The van der Waals surface area contributed by atoms with Crippen molar-refractivity contribution < 1.29 is 23.2 Å². The Labute approximate surface area is 195 Å². The number of aromatic nitrogens is 2. The van der Waals surface area contributed by atoms with Crippen LogP contribution in [0.2, 0.25) is 0 Å². The predicted octanol–water partition coefficient (Wildman–Crippen LogP) is 4.47. The Morgan fingerprint density at radius 2 is 1.85 bits per heavy atom. The fourth-order valence-electron chi connectivity index (χ4n) is 4.24. The highest BCUT2D eigenvalue weighted by Gasteiger charge is 2.29. The maximum absolute atomic E-state index is 13.4. The van der Waals surface area contributed by atoms with Crippen LogP contribution in [0.15, 0.2) is 59.1 Å². The lowest BCUT2D eigenvalue weighted by Crippen LogP contribution is -2.42. The van der Waals surface area contributed by atoms with Gasteiger partial charge >= 0.3 is 5.97 Å². The molecular formula is C26H22FN3O4. The Hall–Kier alpha value is -4.07. The Kier molecular flexibility index (Phi) is 5.57. The summed E-state index contributed by atoms with van der Waals surface area (Å²) in [5, 5.41) is 4.34. The molecule has 1 amide bonds. The minimum absolute atomic E-state index is 0.165. The second kappa shape index (κ2) is 8.70. The van der Waals surface area contributed by atoms with Gasteiger partial charge in [-0.25, -0.2) is 14.2 Å². The topological polar surface area (TPSA) is 85.5 Å². The van der Waals surface area contributed by atoms with Crippen LogP contribution in [0.1, 0.15) is 34.1 Å². The molecule has 2 aromatic carbocycles. The third-order valence-electron chi connectivity index (χ3n) is 6.05. The van der Waals surface area contributed by atoms with Gasteiger partial charge in [-0.1, -0.05) is 29.4 Å². The fraction of sp³-hybridized carbons (Fsp3) is 0.231. The summed E-state index contributed by atoms with van der Waals surface area (Å²) in [5.74, 6) is -1.32. The van der Waals surface area contributed by atoms with Crippen LogP contribution in [0.3, 0.4) is 0 Å². The van der Waals surface area contributed by atoms with Crippen LogP contribution in [0, 0.1) is 12.7 Å². The van der Waals surface area contributed by atoms with E-state index in [2.05, 4.69) is 16.2 Å². The van der Waals surface area contributed by atoms with Crippen molar-refractivity contribution >= 4 is 23.0 Å². The Balaban J connectivity index is 1.40. The lowest BCUT2D eigenvalue weighted by molar-refractivity contribution is -0.140. The molecule has 0 spiro atoms. The number of pyridine rings is 1. The van der Waals surface area contributed by atoms with E-state index >= 15 is 0 Å². The van der Waals surface area contributed by atoms with Gasteiger partial charge in [0.15, 0.2) is 6.10 Å². The van der Waals surface area contributed by atoms with Crippen molar-refractivity contribution in [2.24, 2.45) is 0 Å². The minimum atomic E-state index is -0.976. The zero-order valence-corrected chi connectivity index (χ0v) is 18.7. The lowest BCUT2D eigenvalue weighted by Gasteiger charge is -2.30. The van der Waals surface area contributed by atoms with E-state index in [4.69, 9.17) is 9.26 Å². The quantitative estimate of drug-likeness (QED) is 0.419. The second-order valence-corrected chi connectivity index (χ2v) is 8.34. The molecule has 0 radical (unpaired) electrons. The van der Waals surface area contributed by atoms with Crippen LogP contribution in [-0.4, -0.2) is 39.6 Å². The molecule has 4 aromatic rings. The van der Waals surface area contributed by atoms with Gasteiger partial charge in [-0.15, -0.1) is 0 Å². The summed E-state index contributed by atoms with van der Waals surface area (Å²) < 4.78 is 24.2. The van der Waals surface area contributed by atoms with Gasteiger partial charge in [0.1, 0.15) is 5.82 Å². The predicted molar refractivity (Wildman–Crippen MR) is 122 cm³/mol. The van der Waals surface area contributed by atoms with Crippen LogP contribution in [0.25, 0.3) is 22.4 Å².